The monoisotopic (exact) mass is 528 g/mol. The van der Waals surface area contributed by atoms with Gasteiger partial charge in [0.1, 0.15) is 24.0 Å². The fraction of sp³-hybridized carbons (Fsp3) is 0.267. The van der Waals surface area contributed by atoms with Gasteiger partial charge in [0.2, 0.25) is 6.79 Å². The number of hydrogen-bond acceptors (Lipinski definition) is 7. The van der Waals surface area contributed by atoms with Crippen LogP contribution in [0.1, 0.15) is 21.5 Å². The molecule has 0 aliphatic carbocycles. The van der Waals surface area contributed by atoms with Crippen LogP contribution in [0.4, 0.5) is 0 Å². The minimum atomic E-state index is -0.455. The van der Waals surface area contributed by atoms with Crippen molar-refractivity contribution in [3.8, 4) is 11.5 Å². The number of carbonyl (C=O) groups excluding carboxylic acids is 2. The van der Waals surface area contributed by atoms with Crippen molar-refractivity contribution in [3.05, 3.63) is 101 Å². The standard InChI is InChI=1S/C30H28N2O7/c33-29(21-9-5-2-6-10-21)31-22(13-20-11-12-24-25(14-20)39-18-38-24)30(34)32-23-16-36-28-26(17-37-27(23)28)35-15-19-7-3-1-4-8-19/h1-14,23,26-28H,15-18H2,(H,31,33)(H,32,34)/b22-13-/t23-,26+,27+,28+/m0/s1. The Bertz CT molecular complexity index is 1360. The summed E-state index contributed by atoms with van der Waals surface area (Å²) in [6, 6.07) is 23.5. The number of fused-ring (bicyclic) bond motifs is 2. The molecule has 9 nitrogen and oxygen atoms in total. The average Bonchev–Trinajstić information content (AvgIpc) is 3.70. The van der Waals surface area contributed by atoms with E-state index in [9.17, 15) is 9.59 Å². The second-order valence-electron chi connectivity index (χ2n) is 9.50. The number of amides is 2. The largest absolute Gasteiger partial charge is 0.454 e. The summed E-state index contributed by atoms with van der Waals surface area (Å²) in [5.41, 5.74) is 2.26. The van der Waals surface area contributed by atoms with Crippen LogP contribution in [0, 0.1) is 0 Å². The molecule has 3 aliphatic rings. The summed E-state index contributed by atoms with van der Waals surface area (Å²) in [4.78, 5) is 26.4. The molecule has 0 aromatic heterocycles. The first kappa shape index (κ1) is 25.1. The molecule has 2 fully saturated rings. The second-order valence-corrected chi connectivity index (χ2v) is 9.50. The SMILES string of the molecule is O=C(N[C@H]1CO[C@H]2[C@@H]1OC[C@H]2OCc1ccccc1)/C(=C/c1ccc2c(c1)OCO2)NC(=O)c1ccccc1. The molecule has 3 aliphatic heterocycles. The molecule has 0 radical (unpaired) electrons. The average molecular weight is 529 g/mol. The Morgan fingerprint density at radius 2 is 1.62 bits per heavy atom. The van der Waals surface area contributed by atoms with Crippen LogP contribution >= 0.6 is 0 Å². The Balaban J connectivity index is 1.15. The minimum Gasteiger partial charge on any atom is -0.454 e. The van der Waals surface area contributed by atoms with Gasteiger partial charge in [0, 0.05) is 5.56 Å². The number of ether oxygens (including phenoxy) is 5. The lowest BCUT2D eigenvalue weighted by Gasteiger charge is -2.19. The third-order valence-electron chi connectivity index (χ3n) is 6.87. The Labute approximate surface area is 225 Å². The maximum absolute atomic E-state index is 13.5. The summed E-state index contributed by atoms with van der Waals surface area (Å²) in [7, 11) is 0. The summed E-state index contributed by atoms with van der Waals surface area (Å²) < 4.78 is 28.9. The van der Waals surface area contributed by atoms with Gasteiger partial charge in [0.15, 0.2) is 11.5 Å². The van der Waals surface area contributed by atoms with Gasteiger partial charge in [-0.1, -0.05) is 54.6 Å². The molecule has 4 atom stereocenters. The zero-order valence-electron chi connectivity index (χ0n) is 21.1. The molecule has 9 heteroatoms. The maximum atomic E-state index is 13.5. The van der Waals surface area contributed by atoms with E-state index in [0.29, 0.717) is 35.8 Å². The zero-order valence-corrected chi connectivity index (χ0v) is 21.1. The maximum Gasteiger partial charge on any atom is 0.268 e. The molecule has 0 spiro atoms. The van der Waals surface area contributed by atoms with Crippen molar-refractivity contribution >= 4 is 17.9 Å². The van der Waals surface area contributed by atoms with Gasteiger partial charge in [-0.05, 0) is 41.5 Å². The molecule has 2 amide bonds. The topological polar surface area (TPSA) is 104 Å². The van der Waals surface area contributed by atoms with E-state index >= 15 is 0 Å². The van der Waals surface area contributed by atoms with E-state index in [1.165, 1.54) is 0 Å². The first-order valence-corrected chi connectivity index (χ1v) is 12.8. The van der Waals surface area contributed by atoms with Crippen LogP contribution < -0.4 is 20.1 Å². The molecule has 3 heterocycles. The Kier molecular flexibility index (Phi) is 7.27. The summed E-state index contributed by atoms with van der Waals surface area (Å²) in [6.07, 6.45) is 0.719. The summed E-state index contributed by atoms with van der Waals surface area (Å²) in [5, 5.41) is 5.75. The molecule has 200 valence electrons. The van der Waals surface area contributed by atoms with Crippen molar-refractivity contribution < 1.29 is 33.3 Å². The van der Waals surface area contributed by atoms with Gasteiger partial charge in [0.05, 0.1) is 25.9 Å². The number of hydrogen-bond donors (Lipinski definition) is 2. The van der Waals surface area contributed by atoms with E-state index in [0.717, 1.165) is 5.56 Å². The van der Waals surface area contributed by atoms with Gasteiger partial charge < -0.3 is 34.3 Å². The van der Waals surface area contributed by atoms with Crippen LogP contribution in [0.25, 0.3) is 6.08 Å². The van der Waals surface area contributed by atoms with E-state index in [1.54, 1.807) is 48.5 Å². The Morgan fingerprint density at radius 1 is 0.872 bits per heavy atom. The molecular formula is C30H28N2O7. The molecule has 6 rings (SSSR count). The molecule has 2 N–H and O–H groups in total. The molecule has 3 aromatic carbocycles. The quantitative estimate of drug-likeness (QED) is 0.433. The van der Waals surface area contributed by atoms with Crippen LogP contribution in [-0.2, 0) is 25.6 Å². The van der Waals surface area contributed by atoms with Gasteiger partial charge in [-0.15, -0.1) is 0 Å². The highest BCUT2D eigenvalue weighted by atomic mass is 16.7. The van der Waals surface area contributed by atoms with Gasteiger partial charge in [0.25, 0.3) is 11.8 Å². The second kappa shape index (κ2) is 11.3. The first-order chi connectivity index (χ1) is 19.1. The summed E-state index contributed by atoms with van der Waals surface area (Å²) in [5.74, 6) is 0.349. The van der Waals surface area contributed by atoms with Crippen molar-refractivity contribution in [1.29, 1.82) is 0 Å². The lowest BCUT2D eigenvalue weighted by atomic mass is 10.1. The van der Waals surface area contributed by atoms with Crippen LogP contribution in [0.2, 0.25) is 0 Å². The minimum absolute atomic E-state index is 0.0843. The van der Waals surface area contributed by atoms with Crippen LogP contribution in [0.15, 0.2) is 84.6 Å². The third kappa shape index (κ3) is 5.65. The van der Waals surface area contributed by atoms with Crippen LogP contribution in [0.3, 0.4) is 0 Å². The van der Waals surface area contributed by atoms with Crippen molar-refractivity contribution in [1.82, 2.24) is 10.6 Å². The smallest absolute Gasteiger partial charge is 0.268 e. The van der Waals surface area contributed by atoms with E-state index in [4.69, 9.17) is 23.7 Å². The summed E-state index contributed by atoms with van der Waals surface area (Å²) in [6.45, 7) is 1.24. The fourth-order valence-corrected chi connectivity index (χ4v) is 4.87. The fourth-order valence-electron chi connectivity index (χ4n) is 4.87. The third-order valence-corrected chi connectivity index (χ3v) is 6.87. The van der Waals surface area contributed by atoms with Crippen molar-refractivity contribution in [3.63, 3.8) is 0 Å². The predicted octanol–water partition coefficient (Wildman–Crippen LogP) is 3.05. The highest BCUT2D eigenvalue weighted by molar-refractivity contribution is 6.05. The van der Waals surface area contributed by atoms with Crippen molar-refractivity contribution in [2.24, 2.45) is 0 Å². The predicted molar refractivity (Wildman–Crippen MR) is 141 cm³/mol. The molecule has 3 aromatic rings. The van der Waals surface area contributed by atoms with Gasteiger partial charge >= 0.3 is 0 Å². The summed E-state index contributed by atoms with van der Waals surface area (Å²) >= 11 is 0. The van der Waals surface area contributed by atoms with Crippen molar-refractivity contribution in [2.45, 2.75) is 31.0 Å². The molecule has 0 bridgehead atoms. The van der Waals surface area contributed by atoms with Gasteiger partial charge in [-0.2, -0.15) is 0 Å². The lowest BCUT2D eigenvalue weighted by molar-refractivity contribution is -0.119. The number of rotatable bonds is 8. The van der Waals surface area contributed by atoms with Crippen LogP contribution in [0.5, 0.6) is 11.5 Å². The van der Waals surface area contributed by atoms with E-state index in [-0.39, 0.29) is 37.4 Å². The zero-order chi connectivity index (χ0) is 26.6. The molecule has 0 saturated carbocycles. The Morgan fingerprint density at radius 3 is 2.44 bits per heavy atom. The lowest BCUT2D eigenvalue weighted by Crippen LogP contribution is -2.46. The molecule has 2 saturated heterocycles. The van der Waals surface area contributed by atoms with E-state index in [2.05, 4.69) is 10.6 Å². The molecular weight excluding hydrogens is 500 g/mol. The first-order valence-electron chi connectivity index (χ1n) is 12.8. The van der Waals surface area contributed by atoms with Gasteiger partial charge in [-0.25, -0.2) is 0 Å². The van der Waals surface area contributed by atoms with Crippen molar-refractivity contribution in [2.75, 3.05) is 20.0 Å². The number of carbonyl (C=O) groups is 2. The Hall–Kier alpha value is -4.18. The normalized spacial score (nSPS) is 23.3. The van der Waals surface area contributed by atoms with Gasteiger partial charge in [-0.3, -0.25) is 9.59 Å². The van der Waals surface area contributed by atoms with Crippen LogP contribution in [-0.4, -0.2) is 56.2 Å². The number of benzene rings is 3. The number of nitrogens with one attached hydrogen (secondary N) is 2. The molecule has 39 heavy (non-hydrogen) atoms. The highest BCUT2D eigenvalue weighted by Crippen LogP contribution is 2.33. The molecule has 0 unspecified atom stereocenters. The van der Waals surface area contributed by atoms with E-state index < -0.39 is 17.9 Å². The van der Waals surface area contributed by atoms with E-state index in [1.807, 2.05) is 36.4 Å². The highest BCUT2D eigenvalue weighted by Gasteiger charge is 2.49.